The molecule has 100 valence electrons. The lowest BCUT2D eigenvalue weighted by Gasteiger charge is -2.05. The number of amides is 1. The van der Waals surface area contributed by atoms with Gasteiger partial charge in [0, 0.05) is 20.0 Å². The first-order valence-electron chi connectivity index (χ1n) is 5.60. The van der Waals surface area contributed by atoms with E-state index < -0.39 is 0 Å². The highest BCUT2D eigenvalue weighted by molar-refractivity contribution is 6.32. The van der Waals surface area contributed by atoms with Crippen LogP contribution in [0.2, 0.25) is 5.15 Å². The van der Waals surface area contributed by atoms with Crippen molar-refractivity contribution in [3.8, 4) is 0 Å². The van der Waals surface area contributed by atoms with Gasteiger partial charge >= 0.3 is 0 Å². The molecule has 0 unspecified atom stereocenters. The van der Waals surface area contributed by atoms with Crippen LogP contribution in [0.4, 0.5) is 5.69 Å². The second-order valence-electron chi connectivity index (χ2n) is 3.95. The van der Waals surface area contributed by atoms with Crippen molar-refractivity contribution in [3.05, 3.63) is 35.1 Å². The molecule has 0 aromatic carbocycles. The molecule has 2 heterocycles. The molecule has 2 rings (SSSR count). The van der Waals surface area contributed by atoms with Crippen molar-refractivity contribution in [1.82, 2.24) is 25.1 Å². The molecule has 0 aliphatic heterocycles. The Morgan fingerprint density at radius 3 is 3.00 bits per heavy atom. The van der Waals surface area contributed by atoms with E-state index in [9.17, 15) is 4.79 Å². The zero-order valence-corrected chi connectivity index (χ0v) is 11.1. The Morgan fingerprint density at radius 1 is 1.53 bits per heavy atom. The van der Waals surface area contributed by atoms with Gasteiger partial charge in [0.1, 0.15) is 11.5 Å². The number of nitrogen functional groups attached to an aromatic ring is 1. The predicted octanol–water partition coefficient (Wildman–Crippen LogP) is 0.418. The van der Waals surface area contributed by atoms with Crippen LogP contribution in [0.25, 0.3) is 0 Å². The van der Waals surface area contributed by atoms with Gasteiger partial charge in [-0.1, -0.05) is 11.6 Å². The number of carbonyl (C=O) groups is 1. The second kappa shape index (κ2) is 5.66. The number of pyridine rings is 1. The van der Waals surface area contributed by atoms with Gasteiger partial charge in [0.05, 0.1) is 17.4 Å². The molecule has 0 spiro atoms. The van der Waals surface area contributed by atoms with E-state index in [-0.39, 0.29) is 16.6 Å². The van der Waals surface area contributed by atoms with Crippen LogP contribution in [-0.2, 0) is 13.5 Å². The van der Waals surface area contributed by atoms with Crippen LogP contribution in [0.5, 0.6) is 0 Å². The molecule has 2 aromatic heterocycles. The fraction of sp³-hybridized carbons (Fsp3) is 0.273. The average Bonchev–Trinajstić information content (AvgIpc) is 2.78. The largest absolute Gasteiger partial charge is 0.397 e. The molecule has 0 fully saturated rings. The minimum Gasteiger partial charge on any atom is -0.397 e. The number of aromatic nitrogens is 4. The molecule has 0 bridgehead atoms. The third kappa shape index (κ3) is 3.41. The van der Waals surface area contributed by atoms with Crippen LogP contribution in [0, 0.1) is 0 Å². The Hall–Kier alpha value is -2.15. The lowest BCUT2D eigenvalue weighted by Crippen LogP contribution is -2.26. The van der Waals surface area contributed by atoms with Gasteiger partial charge in [0.15, 0.2) is 5.82 Å². The maximum Gasteiger partial charge on any atom is 0.254 e. The van der Waals surface area contributed by atoms with Crippen molar-refractivity contribution in [2.45, 2.75) is 6.42 Å². The molecule has 19 heavy (non-hydrogen) atoms. The quantitative estimate of drug-likeness (QED) is 0.791. The van der Waals surface area contributed by atoms with E-state index in [0.717, 1.165) is 0 Å². The Bertz CT molecular complexity index is 597. The van der Waals surface area contributed by atoms with Crippen LogP contribution in [0.3, 0.4) is 0 Å². The monoisotopic (exact) mass is 280 g/mol. The number of nitrogens with two attached hydrogens (primary N) is 1. The molecular formula is C11H13ClN6O. The summed E-state index contributed by atoms with van der Waals surface area (Å²) in [5.74, 6) is 0.348. The summed E-state index contributed by atoms with van der Waals surface area (Å²) >= 11 is 5.83. The van der Waals surface area contributed by atoms with E-state index in [1.54, 1.807) is 18.1 Å². The van der Waals surface area contributed by atoms with Crippen molar-refractivity contribution in [2.75, 3.05) is 12.3 Å². The molecule has 0 saturated heterocycles. The zero-order valence-electron chi connectivity index (χ0n) is 10.3. The molecule has 0 saturated carbocycles. The summed E-state index contributed by atoms with van der Waals surface area (Å²) in [4.78, 5) is 19.8. The third-order valence-corrected chi connectivity index (χ3v) is 2.69. The van der Waals surface area contributed by atoms with Crippen LogP contribution in [-0.4, -0.2) is 32.2 Å². The van der Waals surface area contributed by atoms with E-state index in [1.807, 2.05) is 0 Å². The minimum absolute atomic E-state index is 0.127. The van der Waals surface area contributed by atoms with Crippen molar-refractivity contribution >= 4 is 23.2 Å². The Balaban J connectivity index is 1.92. The number of halogens is 1. The van der Waals surface area contributed by atoms with Gasteiger partial charge in [-0.15, -0.1) is 0 Å². The number of hydrogen-bond acceptors (Lipinski definition) is 5. The first kappa shape index (κ1) is 13.3. The lowest BCUT2D eigenvalue weighted by molar-refractivity contribution is 0.0954. The van der Waals surface area contributed by atoms with Gasteiger partial charge in [-0.3, -0.25) is 9.48 Å². The normalized spacial score (nSPS) is 10.4. The Kier molecular flexibility index (Phi) is 3.96. The third-order valence-electron chi connectivity index (χ3n) is 2.39. The second-order valence-corrected chi connectivity index (χ2v) is 4.31. The number of hydrogen-bond donors (Lipinski definition) is 2. The van der Waals surface area contributed by atoms with Gasteiger partial charge in [-0.05, 0) is 6.07 Å². The number of nitrogens with zero attached hydrogens (tertiary/aromatic N) is 4. The van der Waals surface area contributed by atoms with Gasteiger partial charge in [-0.2, -0.15) is 5.10 Å². The predicted molar refractivity (Wildman–Crippen MR) is 70.7 cm³/mol. The van der Waals surface area contributed by atoms with E-state index >= 15 is 0 Å². The van der Waals surface area contributed by atoms with Crippen molar-refractivity contribution in [1.29, 1.82) is 0 Å². The molecule has 0 radical (unpaired) electrons. The van der Waals surface area contributed by atoms with Crippen LogP contribution < -0.4 is 11.1 Å². The lowest BCUT2D eigenvalue weighted by atomic mass is 10.2. The van der Waals surface area contributed by atoms with Crippen molar-refractivity contribution < 1.29 is 4.79 Å². The van der Waals surface area contributed by atoms with E-state index in [2.05, 4.69) is 20.4 Å². The topological polar surface area (TPSA) is 98.7 Å². The Labute approximate surface area is 114 Å². The number of rotatable bonds is 4. The molecule has 0 aliphatic rings. The van der Waals surface area contributed by atoms with Gasteiger partial charge in [0.25, 0.3) is 5.91 Å². The number of aryl methyl sites for hydroxylation is 1. The standard InChI is InChI=1S/C11H13ClN6O/c1-18-6-16-9(17-18)2-3-14-11(19)8-4-7(13)5-15-10(8)12/h4-6H,2-3,13H2,1H3,(H,14,19). The number of carbonyl (C=O) groups excluding carboxylic acids is 1. The zero-order chi connectivity index (χ0) is 13.8. The molecule has 0 aliphatic carbocycles. The van der Waals surface area contributed by atoms with Crippen LogP contribution in [0.15, 0.2) is 18.6 Å². The maximum absolute atomic E-state index is 11.9. The van der Waals surface area contributed by atoms with Crippen LogP contribution in [0.1, 0.15) is 16.2 Å². The SMILES string of the molecule is Cn1cnc(CCNC(=O)c2cc(N)cnc2Cl)n1. The van der Waals surface area contributed by atoms with E-state index in [4.69, 9.17) is 17.3 Å². The molecular weight excluding hydrogens is 268 g/mol. The molecule has 1 amide bonds. The summed E-state index contributed by atoms with van der Waals surface area (Å²) in [6.07, 6.45) is 3.55. The average molecular weight is 281 g/mol. The van der Waals surface area contributed by atoms with Crippen molar-refractivity contribution in [2.24, 2.45) is 7.05 Å². The Morgan fingerprint density at radius 2 is 2.32 bits per heavy atom. The molecule has 7 nitrogen and oxygen atoms in total. The molecule has 3 N–H and O–H groups in total. The van der Waals surface area contributed by atoms with E-state index in [1.165, 1.54) is 12.3 Å². The summed E-state index contributed by atoms with van der Waals surface area (Å²) in [5.41, 5.74) is 6.21. The summed E-state index contributed by atoms with van der Waals surface area (Å²) in [6.45, 7) is 0.411. The summed E-state index contributed by atoms with van der Waals surface area (Å²) in [6, 6.07) is 1.49. The van der Waals surface area contributed by atoms with Crippen LogP contribution >= 0.6 is 11.6 Å². The fourth-order valence-electron chi connectivity index (χ4n) is 1.50. The summed E-state index contributed by atoms with van der Waals surface area (Å²) in [5, 5.41) is 6.95. The van der Waals surface area contributed by atoms with Gasteiger partial charge in [-0.25, -0.2) is 9.97 Å². The number of anilines is 1. The van der Waals surface area contributed by atoms with E-state index in [0.29, 0.717) is 24.5 Å². The summed E-state index contributed by atoms with van der Waals surface area (Å²) < 4.78 is 1.61. The first-order valence-corrected chi connectivity index (χ1v) is 5.98. The fourth-order valence-corrected chi connectivity index (χ4v) is 1.69. The minimum atomic E-state index is -0.319. The van der Waals surface area contributed by atoms with Gasteiger partial charge in [0.2, 0.25) is 0 Å². The van der Waals surface area contributed by atoms with Gasteiger partial charge < -0.3 is 11.1 Å². The highest BCUT2D eigenvalue weighted by atomic mass is 35.5. The highest BCUT2D eigenvalue weighted by Gasteiger charge is 2.11. The molecule has 2 aromatic rings. The van der Waals surface area contributed by atoms with Crippen molar-refractivity contribution in [3.63, 3.8) is 0 Å². The maximum atomic E-state index is 11.9. The smallest absolute Gasteiger partial charge is 0.254 e. The molecule has 0 atom stereocenters. The summed E-state index contributed by atoms with van der Waals surface area (Å²) in [7, 11) is 1.78. The molecule has 8 heteroatoms. The number of nitrogens with one attached hydrogen (secondary N) is 1. The highest BCUT2D eigenvalue weighted by Crippen LogP contribution is 2.15. The first-order chi connectivity index (χ1) is 9.06.